The molecule has 1 aliphatic rings. The number of esters is 2. The number of amides is 1. The van der Waals surface area contributed by atoms with Gasteiger partial charge < -0.3 is 19.7 Å². The minimum atomic E-state index is -0.777. The summed E-state index contributed by atoms with van der Waals surface area (Å²) in [6.45, 7) is 5.19. The van der Waals surface area contributed by atoms with E-state index in [-0.39, 0.29) is 11.6 Å². The molecule has 0 aromatic carbocycles. The highest BCUT2D eigenvalue weighted by Crippen LogP contribution is 2.16. The Kier molecular flexibility index (Phi) is 7.51. The molecule has 148 valence electrons. The summed E-state index contributed by atoms with van der Waals surface area (Å²) < 4.78 is 9.63. The number of aromatic nitrogens is 2. The molecular weight excluding hydrogens is 352 g/mol. The number of ether oxygens (including phenoxy) is 2. The van der Waals surface area contributed by atoms with Crippen molar-refractivity contribution >= 4 is 23.7 Å². The number of anilines is 1. The van der Waals surface area contributed by atoms with Crippen molar-refractivity contribution in [2.75, 3.05) is 31.7 Å². The molecule has 0 saturated carbocycles. The van der Waals surface area contributed by atoms with Crippen LogP contribution in [0.5, 0.6) is 0 Å². The fourth-order valence-corrected chi connectivity index (χ4v) is 2.82. The fraction of sp³-hybridized carbons (Fsp3) is 0.611. The van der Waals surface area contributed by atoms with Crippen molar-refractivity contribution in [1.82, 2.24) is 15.5 Å². The topological polar surface area (TPSA) is 111 Å². The first-order valence-electron chi connectivity index (χ1n) is 9.03. The number of nitrogens with one attached hydrogen (secondary N) is 1. The summed E-state index contributed by atoms with van der Waals surface area (Å²) in [5, 5.41) is 10.4. The number of nitrogens with zero attached hydrogens (tertiary/aromatic N) is 3. The number of methoxy groups -OCH3 is 1. The number of carbonyl (C=O) groups excluding carboxylic acids is 3. The molecule has 2 rings (SSSR count). The van der Waals surface area contributed by atoms with Crippen LogP contribution in [0.3, 0.4) is 0 Å². The lowest BCUT2D eigenvalue weighted by atomic mass is 10.0. The molecule has 1 aromatic rings. The number of hydrogen-bond acceptors (Lipinski definition) is 8. The summed E-state index contributed by atoms with van der Waals surface area (Å²) in [6.07, 6.45) is 2.66. The largest absolute Gasteiger partial charge is 0.467 e. The zero-order valence-electron chi connectivity index (χ0n) is 15.9. The van der Waals surface area contributed by atoms with Gasteiger partial charge in [-0.2, -0.15) is 0 Å². The maximum Gasteiger partial charge on any atom is 0.359 e. The first-order chi connectivity index (χ1) is 12.9. The normalized spacial score (nSPS) is 14.7. The molecular formula is C18H26N4O5. The second-order valence-electron chi connectivity index (χ2n) is 6.82. The SMILES string of the molecule is COC(=O)C(CC(C)C)NC(=O)COC(=O)c1ccc(N2CCCC2)nn1. The van der Waals surface area contributed by atoms with Gasteiger partial charge in [0.15, 0.2) is 18.1 Å². The molecule has 1 atom stereocenters. The van der Waals surface area contributed by atoms with Crippen LogP contribution < -0.4 is 10.2 Å². The Morgan fingerprint density at radius 3 is 2.44 bits per heavy atom. The molecule has 0 radical (unpaired) electrons. The first kappa shape index (κ1) is 20.6. The van der Waals surface area contributed by atoms with Crippen LogP contribution in [0.4, 0.5) is 5.82 Å². The van der Waals surface area contributed by atoms with E-state index in [2.05, 4.69) is 25.2 Å². The maximum absolute atomic E-state index is 12.0. The van der Waals surface area contributed by atoms with Crippen molar-refractivity contribution in [3.05, 3.63) is 17.8 Å². The van der Waals surface area contributed by atoms with Gasteiger partial charge in [0, 0.05) is 13.1 Å². The minimum absolute atomic E-state index is 0.0254. The summed E-state index contributed by atoms with van der Waals surface area (Å²) in [5.74, 6) is -0.963. The van der Waals surface area contributed by atoms with E-state index in [1.807, 2.05) is 13.8 Å². The maximum atomic E-state index is 12.0. The molecule has 27 heavy (non-hydrogen) atoms. The standard InChI is InChI=1S/C18H26N4O5/c1-12(2)10-14(17(24)26-3)19-16(23)11-27-18(25)13-6-7-15(21-20-13)22-8-4-5-9-22/h6-7,12,14H,4-5,8-11H2,1-3H3,(H,19,23). The zero-order chi connectivity index (χ0) is 19.8. The van der Waals surface area contributed by atoms with Gasteiger partial charge in [-0.3, -0.25) is 4.79 Å². The number of carbonyl (C=O) groups is 3. The van der Waals surface area contributed by atoms with Crippen molar-refractivity contribution < 1.29 is 23.9 Å². The lowest BCUT2D eigenvalue weighted by Crippen LogP contribution is -2.44. The summed E-state index contributed by atoms with van der Waals surface area (Å²) in [7, 11) is 1.26. The van der Waals surface area contributed by atoms with Gasteiger partial charge >= 0.3 is 11.9 Å². The van der Waals surface area contributed by atoms with Crippen LogP contribution in [0.2, 0.25) is 0 Å². The number of hydrogen-bond donors (Lipinski definition) is 1. The highest BCUT2D eigenvalue weighted by atomic mass is 16.5. The monoisotopic (exact) mass is 378 g/mol. The smallest absolute Gasteiger partial charge is 0.359 e. The lowest BCUT2D eigenvalue weighted by Gasteiger charge is -2.18. The Morgan fingerprint density at radius 2 is 1.89 bits per heavy atom. The predicted molar refractivity (Wildman–Crippen MR) is 97.2 cm³/mol. The summed E-state index contributed by atoms with van der Waals surface area (Å²) in [5.41, 5.74) is 0.0254. The van der Waals surface area contributed by atoms with Crippen LogP contribution in [0, 0.1) is 5.92 Å². The third-order valence-corrected chi connectivity index (χ3v) is 4.15. The number of rotatable bonds is 8. The van der Waals surface area contributed by atoms with Crippen molar-refractivity contribution in [2.45, 2.75) is 39.2 Å². The zero-order valence-corrected chi connectivity index (χ0v) is 15.9. The Morgan fingerprint density at radius 1 is 1.19 bits per heavy atom. The van der Waals surface area contributed by atoms with E-state index in [1.54, 1.807) is 6.07 Å². The van der Waals surface area contributed by atoms with Gasteiger partial charge in [-0.1, -0.05) is 13.8 Å². The molecule has 2 heterocycles. The van der Waals surface area contributed by atoms with Crippen LogP contribution in [-0.2, 0) is 19.1 Å². The average Bonchev–Trinajstić information content (AvgIpc) is 3.19. The quantitative estimate of drug-likeness (QED) is 0.665. The van der Waals surface area contributed by atoms with E-state index in [4.69, 9.17) is 4.74 Å². The van der Waals surface area contributed by atoms with Crippen molar-refractivity contribution in [2.24, 2.45) is 5.92 Å². The van der Waals surface area contributed by atoms with E-state index in [0.29, 0.717) is 6.42 Å². The predicted octanol–water partition coefficient (Wildman–Crippen LogP) is 0.938. The van der Waals surface area contributed by atoms with Gasteiger partial charge in [-0.15, -0.1) is 10.2 Å². The molecule has 1 N–H and O–H groups in total. The Hall–Kier alpha value is -2.71. The van der Waals surface area contributed by atoms with Crippen molar-refractivity contribution in [1.29, 1.82) is 0 Å². The highest BCUT2D eigenvalue weighted by Gasteiger charge is 2.23. The second-order valence-corrected chi connectivity index (χ2v) is 6.82. The third-order valence-electron chi connectivity index (χ3n) is 4.15. The van der Waals surface area contributed by atoms with Gasteiger partial charge in [0.2, 0.25) is 0 Å². The lowest BCUT2D eigenvalue weighted by molar-refractivity contribution is -0.145. The average molecular weight is 378 g/mol. The molecule has 1 amide bonds. The molecule has 9 heteroatoms. The van der Waals surface area contributed by atoms with E-state index >= 15 is 0 Å². The first-order valence-corrected chi connectivity index (χ1v) is 9.03. The minimum Gasteiger partial charge on any atom is -0.467 e. The molecule has 0 spiro atoms. The molecule has 1 aliphatic heterocycles. The second kappa shape index (κ2) is 9.84. The van der Waals surface area contributed by atoms with Crippen LogP contribution in [-0.4, -0.2) is 60.9 Å². The van der Waals surface area contributed by atoms with Crippen molar-refractivity contribution in [3.8, 4) is 0 Å². The molecule has 1 fully saturated rings. The molecule has 1 saturated heterocycles. The summed E-state index contributed by atoms with van der Waals surface area (Å²) in [4.78, 5) is 37.8. The van der Waals surface area contributed by atoms with Gasteiger partial charge in [-0.25, -0.2) is 9.59 Å². The highest BCUT2D eigenvalue weighted by molar-refractivity contribution is 5.90. The Bertz CT molecular complexity index is 656. The van der Waals surface area contributed by atoms with Crippen LogP contribution in [0.1, 0.15) is 43.6 Å². The molecule has 1 unspecified atom stereocenters. The third kappa shape index (κ3) is 6.19. The molecule has 0 aliphatic carbocycles. The van der Waals surface area contributed by atoms with Gasteiger partial charge in [0.25, 0.3) is 5.91 Å². The van der Waals surface area contributed by atoms with E-state index in [9.17, 15) is 14.4 Å². The van der Waals surface area contributed by atoms with E-state index < -0.39 is 30.5 Å². The summed E-state index contributed by atoms with van der Waals surface area (Å²) in [6, 6.07) is 2.46. The molecule has 1 aromatic heterocycles. The summed E-state index contributed by atoms with van der Waals surface area (Å²) >= 11 is 0. The van der Waals surface area contributed by atoms with E-state index in [1.165, 1.54) is 13.2 Å². The Balaban J connectivity index is 1.84. The Labute approximate surface area is 158 Å². The van der Waals surface area contributed by atoms with Crippen LogP contribution >= 0.6 is 0 Å². The molecule has 0 bridgehead atoms. The molecule has 9 nitrogen and oxygen atoms in total. The van der Waals surface area contributed by atoms with Crippen LogP contribution in [0.15, 0.2) is 12.1 Å². The van der Waals surface area contributed by atoms with Gasteiger partial charge in [0.05, 0.1) is 7.11 Å². The van der Waals surface area contributed by atoms with Crippen molar-refractivity contribution in [3.63, 3.8) is 0 Å². The van der Waals surface area contributed by atoms with Crippen LogP contribution in [0.25, 0.3) is 0 Å². The van der Waals surface area contributed by atoms with Gasteiger partial charge in [-0.05, 0) is 37.3 Å². The van der Waals surface area contributed by atoms with Gasteiger partial charge in [0.1, 0.15) is 6.04 Å². The van der Waals surface area contributed by atoms with E-state index in [0.717, 1.165) is 31.7 Å². The fourth-order valence-electron chi connectivity index (χ4n) is 2.82.